The molecule has 3 rings (SSSR count). The van der Waals surface area contributed by atoms with Crippen LogP contribution in [0.3, 0.4) is 0 Å². The number of hydrogen-bond donors (Lipinski definition) is 0. The molecule has 0 spiro atoms. The number of carbonyl (C=O) groups is 2. The topological polar surface area (TPSA) is 77.4 Å². The fourth-order valence-corrected chi connectivity index (χ4v) is 3.13. The van der Waals surface area contributed by atoms with E-state index in [0.29, 0.717) is 41.5 Å². The van der Waals surface area contributed by atoms with E-state index in [4.69, 9.17) is 14.2 Å². The van der Waals surface area contributed by atoms with E-state index < -0.39 is 5.92 Å². The number of anilines is 1. The van der Waals surface area contributed by atoms with Gasteiger partial charge in [-0.2, -0.15) is 0 Å². The molecule has 0 fully saturated rings. The SMILES string of the molecule is COCCN=CC1C(=O)N(c2ccc(OC)c(OC)c2)C(=O)c2ccccc21. The van der Waals surface area contributed by atoms with Crippen molar-refractivity contribution in [2.24, 2.45) is 4.99 Å². The summed E-state index contributed by atoms with van der Waals surface area (Å²) in [6, 6.07) is 12.0. The van der Waals surface area contributed by atoms with Gasteiger partial charge in [0.2, 0.25) is 5.91 Å². The molecule has 1 unspecified atom stereocenters. The lowest BCUT2D eigenvalue weighted by Gasteiger charge is -2.31. The van der Waals surface area contributed by atoms with Crippen LogP contribution in [0.4, 0.5) is 5.69 Å². The summed E-state index contributed by atoms with van der Waals surface area (Å²) in [5, 5.41) is 0. The molecule has 2 amide bonds. The van der Waals surface area contributed by atoms with Crippen molar-refractivity contribution >= 4 is 23.7 Å². The summed E-state index contributed by atoms with van der Waals surface area (Å²) in [6.07, 6.45) is 1.58. The summed E-state index contributed by atoms with van der Waals surface area (Å²) in [4.78, 5) is 31.8. The average Bonchev–Trinajstić information content (AvgIpc) is 2.73. The van der Waals surface area contributed by atoms with Crippen LogP contribution in [0.5, 0.6) is 11.5 Å². The zero-order valence-corrected chi connectivity index (χ0v) is 16.0. The van der Waals surface area contributed by atoms with Crippen LogP contribution in [0.25, 0.3) is 0 Å². The van der Waals surface area contributed by atoms with Crippen LogP contribution >= 0.6 is 0 Å². The van der Waals surface area contributed by atoms with E-state index in [1.54, 1.807) is 49.7 Å². The highest BCUT2D eigenvalue weighted by Gasteiger charge is 2.39. The molecule has 0 saturated heterocycles. The lowest BCUT2D eigenvalue weighted by atomic mass is 9.89. The molecule has 1 heterocycles. The van der Waals surface area contributed by atoms with Gasteiger partial charge in [-0.05, 0) is 23.8 Å². The van der Waals surface area contributed by atoms with Gasteiger partial charge in [-0.1, -0.05) is 18.2 Å². The molecule has 2 aromatic rings. The van der Waals surface area contributed by atoms with E-state index in [0.717, 1.165) is 4.90 Å². The van der Waals surface area contributed by atoms with E-state index in [-0.39, 0.29) is 11.8 Å². The summed E-state index contributed by atoms with van der Waals surface area (Å²) < 4.78 is 15.5. The van der Waals surface area contributed by atoms with Crippen molar-refractivity contribution in [3.05, 3.63) is 53.6 Å². The van der Waals surface area contributed by atoms with Gasteiger partial charge in [-0.3, -0.25) is 14.6 Å². The third kappa shape index (κ3) is 3.61. The number of hydrogen-bond acceptors (Lipinski definition) is 6. The second-order valence-electron chi connectivity index (χ2n) is 6.13. The number of imide groups is 1. The molecule has 7 heteroatoms. The Labute approximate surface area is 163 Å². The molecule has 0 radical (unpaired) electrons. The normalized spacial score (nSPS) is 16.4. The fraction of sp³-hybridized carbons (Fsp3) is 0.286. The molecule has 0 aromatic heterocycles. The third-order valence-corrected chi connectivity index (χ3v) is 4.52. The zero-order valence-electron chi connectivity index (χ0n) is 16.0. The maximum Gasteiger partial charge on any atom is 0.265 e. The van der Waals surface area contributed by atoms with Crippen molar-refractivity contribution in [3.63, 3.8) is 0 Å². The number of ether oxygens (including phenoxy) is 3. The Hall–Kier alpha value is -3.19. The smallest absolute Gasteiger partial charge is 0.265 e. The predicted molar refractivity (Wildman–Crippen MR) is 106 cm³/mol. The standard InChI is InChI=1S/C21H22N2O5/c1-26-11-10-22-13-17-15-6-4-5-7-16(15)20(24)23(21(17)25)14-8-9-18(27-2)19(12-14)28-3/h4-9,12-13,17H,10-11H2,1-3H3. The number of rotatable bonds is 7. The molecule has 1 aliphatic heterocycles. The number of methoxy groups -OCH3 is 3. The lowest BCUT2D eigenvalue weighted by molar-refractivity contribution is -0.118. The molecule has 1 atom stereocenters. The second kappa shape index (κ2) is 8.67. The minimum absolute atomic E-state index is 0.364. The summed E-state index contributed by atoms with van der Waals surface area (Å²) in [5.41, 5.74) is 1.54. The Kier molecular flexibility index (Phi) is 6.06. The Morgan fingerprint density at radius 2 is 1.79 bits per heavy atom. The molecule has 2 aromatic carbocycles. The molecule has 28 heavy (non-hydrogen) atoms. The first-order valence-corrected chi connectivity index (χ1v) is 8.80. The zero-order chi connectivity index (χ0) is 20.1. The summed E-state index contributed by atoms with van der Waals surface area (Å²) in [7, 11) is 4.62. The van der Waals surface area contributed by atoms with Gasteiger partial charge in [0.25, 0.3) is 5.91 Å². The van der Waals surface area contributed by atoms with Crippen LogP contribution in [0.1, 0.15) is 21.8 Å². The lowest BCUT2D eigenvalue weighted by Crippen LogP contribution is -2.45. The molecule has 7 nitrogen and oxygen atoms in total. The molecular formula is C21H22N2O5. The summed E-state index contributed by atoms with van der Waals surface area (Å²) in [6.45, 7) is 0.893. The van der Waals surface area contributed by atoms with Crippen LogP contribution in [0.15, 0.2) is 47.5 Å². The Morgan fingerprint density at radius 3 is 2.50 bits per heavy atom. The van der Waals surface area contributed by atoms with Crippen molar-refractivity contribution in [2.75, 3.05) is 39.4 Å². The first kappa shape index (κ1) is 19.6. The third-order valence-electron chi connectivity index (χ3n) is 4.52. The monoisotopic (exact) mass is 382 g/mol. The minimum atomic E-state index is -0.654. The molecule has 0 aliphatic carbocycles. The van der Waals surface area contributed by atoms with Crippen LogP contribution in [0, 0.1) is 0 Å². The van der Waals surface area contributed by atoms with Gasteiger partial charge >= 0.3 is 0 Å². The van der Waals surface area contributed by atoms with Gasteiger partial charge in [-0.15, -0.1) is 0 Å². The van der Waals surface area contributed by atoms with E-state index in [9.17, 15) is 9.59 Å². The quantitative estimate of drug-likeness (QED) is 0.418. The number of nitrogens with zero attached hydrogens (tertiary/aromatic N) is 2. The highest BCUT2D eigenvalue weighted by atomic mass is 16.5. The van der Waals surface area contributed by atoms with Gasteiger partial charge in [0, 0.05) is 25.0 Å². The van der Waals surface area contributed by atoms with E-state index >= 15 is 0 Å². The Morgan fingerprint density at radius 1 is 1.04 bits per heavy atom. The minimum Gasteiger partial charge on any atom is -0.493 e. The number of benzene rings is 2. The van der Waals surface area contributed by atoms with Crippen molar-refractivity contribution in [3.8, 4) is 11.5 Å². The van der Waals surface area contributed by atoms with E-state index in [1.165, 1.54) is 14.2 Å². The first-order chi connectivity index (χ1) is 13.6. The van der Waals surface area contributed by atoms with Gasteiger partial charge in [0.1, 0.15) is 0 Å². The second-order valence-corrected chi connectivity index (χ2v) is 6.13. The van der Waals surface area contributed by atoms with Crippen LogP contribution in [-0.4, -0.2) is 52.5 Å². The van der Waals surface area contributed by atoms with Crippen molar-refractivity contribution < 1.29 is 23.8 Å². The molecule has 146 valence electrons. The number of fused-ring (bicyclic) bond motifs is 1. The molecule has 0 saturated carbocycles. The molecule has 0 bridgehead atoms. The number of carbonyl (C=O) groups excluding carboxylic acids is 2. The first-order valence-electron chi connectivity index (χ1n) is 8.80. The van der Waals surface area contributed by atoms with Gasteiger partial charge < -0.3 is 14.2 Å². The van der Waals surface area contributed by atoms with Crippen LogP contribution < -0.4 is 14.4 Å². The Bertz CT molecular complexity index is 909. The highest BCUT2D eigenvalue weighted by Crippen LogP contribution is 2.36. The molecule has 1 aliphatic rings. The number of amides is 2. The van der Waals surface area contributed by atoms with E-state index in [1.807, 2.05) is 6.07 Å². The van der Waals surface area contributed by atoms with Crippen molar-refractivity contribution in [2.45, 2.75) is 5.92 Å². The average molecular weight is 382 g/mol. The maximum absolute atomic E-state index is 13.2. The van der Waals surface area contributed by atoms with Gasteiger partial charge in [-0.25, -0.2) is 4.90 Å². The van der Waals surface area contributed by atoms with Crippen molar-refractivity contribution in [1.82, 2.24) is 0 Å². The summed E-state index contributed by atoms with van der Waals surface area (Å²) in [5.74, 6) is -0.448. The molecular weight excluding hydrogens is 360 g/mol. The van der Waals surface area contributed by atoms with Gasteiger partial charge in [0.15, 0.2) is 11.5 Å². The van der Waals surface area contributed by atoms with Crippen molar-refractivity contribution in [1.29, 1.82) is 0 Å². The predicted octanol–water partition coefficient (Wildman–Crippen LogP) is 2.69. The molecule has 0 N–H and O–H groups in total. The highest BCUT2D eigenvalue weighted by molar-refractivity contribution is 6.29. The number of aliphatic imine (C=N–C) groups is 1. The fourth-order valence-electron chi connectivity index (χ4n) is 3.13. The maximum atomic E-state index is 13.2. The summed E-state index contributed by atoms with van der Waals surface area (Å²) >= 11 is 0. The van der Waals surface area contributed by atoms with Gasteiger partial charge in [0.05, 0.1) is 39.0 Å². The largest absolute Gasteiger partial charge is 0.493 e. The Balaban J connectivity index is 2.04. The van der Waals surface area contributed by atoms with E-state index in [2.05, 4.69) is 4.99 Å². The van der Waals surface area contributed by atoms with Crippen LogP contribution in [0.2, 0.25) is 0 Å². The van der Waals surface area contributed by atoms with Crippen LogP contribution in [-0.2, 0) is 9.53 Å².